The van der Waals surface area contributed by atoms with E-state index in [9.17, 15) is 10.1 Å². The van der Waals surface area contributed by atoms with E-state index < -0.39 is 4.92 Å². The molecule has 0 radical (unpaired) electrons. The molecule has 0 saturated heterocycles. The molecule has 0 aliphatic heterocycles. The maximum absolute atomic E-state index is 10.5. The van der Waals surface area contributed by atoms with Crippen LogP contribution in [0.1, 0.15) is 21.7 Å². The molecule has 0 bridgehead atoms. The summed E-state index contributed by atoms with van der Waals surface area (Å²) < 4.78 is 0. The first-order valence-electron chi connectivity index (χ1n) is 6.17. The molecule has 5 nitrogen and oxygen atoms in total. The van der Waals surface area contributed by atoms with Gasteiger partial charge in [0.1, 0.15) is 0 Å². The summed E-state index contributed by atoms with van der Waals surface area (Å²) in [6.45, 7) is 0.747. The van der Waals surface area contributed by atoms with Gasteiger partial charge in [-0.3, -0.25) is 0 Å². The van der Waals surface area contributed by atoms with E-state index >= 15 is 0 Å². The summed E-state index contributed by atoms with van der Waals surface area (Å²) >= 11 is 1.86. The molecule has 1 aliphatic rings. The Morgan fingerprint density at radius 3 is 3.00 bits per heavy atom. The highest BCUT2D eigenvalue weighted by molar-refractivity contribution is 7.12. The van der Waals surface area contributed by atoms with E-state index in [4.69, 9.17) is 0 Å². The van der Waals surface area contributed by atoms with Gasteiger partial charge in [0.05, 0.1) is 5.69 Å². The second kappa shape index (κ2) is 4.97. The van der Waals surface area contributed by atoms with E-state index in [1.807, 2.05) is 11.3 Å². The number of rotatable bonds is 4. The van der Waals surface area contributed by atoms with Crippen molar-refractivity contribution in [3.8, 4) is 0 Å². The molecule has 0 saturated carbocycles. The number of thiophene rings is 1. The monoisotopic (exact) mass is 275 g/mol. The molecular formula is C13H13N3O2S. The third kappa shape index (κ3) is 2.58. The normalized spacial score (nSPS) is 13.3. The van der Waals surface area contributed by atoms with Crippen molar-refractivity contribution < 1.29 is 4.92 Å². The molecule has 1 aliphatic carbocycles. The molecule has 0 atom stereocenters. The SMILES string of the molecule is O=[N+]([O-])c1ccc(NCc2cc3c(s2)CCC3)cn1. The van der Waals surface area contributed by atoms with Crippen LogP contribution >= 0.6 is 11.3 Å². The Hall–Kier alpha value is -1.95. The first kappa shape index (κ1) is 12.1. The van der Waals surface area contributed by atoms with Crippen LogP contribution in [0.3, 0.4) is 0 Å². The van der Waals surface area contributed by atoms with Crippen molar-refractivity contribution in [1.29, 1.82) is 0 Å². The number of nitrogens with one attached hydrogen (secondary N) is 1. The fraction of sp³-hybridized carbons (Fsp3) is 0.308. The van der Waals surface area contributed by atoms with Crippen molar-refractivity contribution in [2.75, 3.05) is 5.32 Å². The molecule has 3 rings (SSSR count). The van der Waals surface area contributed by atoms with E-state index in [-0.39, 0.29) is 5.82 Å². The topological polar surface area (TPSA) is 68.1 Å². The predicted molar refractivity (Wildman–Crippen MR) is 74.6 cm³/mol. The number of fused-ring (bicyclic) bond motifs is 1. The molecule has 0 unspecified atom stereocenters. The number of aryl methyl sites for hydroxylation is 2. The molecule has 0 aromatic carbocycles. The summed E-state index contributed by atoms with van der Waals surface area (Å²) in [5.41, 5.74) is 2.29. The molecule has 2 aromatic heterocycles. The summed E-state index contributed by atoms with van der Waals surface area (Å²) in [5, 5.41) is 13.7. The second-order valence-corrected chi connectivity index (χ2v) is 5.75. The Labute approximate surface area is 114 Å². The lowest BCUT2D eigenvalue weighted by Crippen LogP contribution is -1.99. The number of nitro groups is 1. The molecule has 0 spiro atoms. The van der Waals surface area contributed by atoms with Crippen molar-refractivity contribution in [3.05, 3.63) is 49.8 Å². The fourth-order valence-corrected chi connectivity index (χ4v) is 3.47. The molecule has 2 aromatic rings. The number of aromatic nitrogens is 1. The number of hydrogen-bond acceptors (Lipinski definition) is 5. The largest absolute Gasteiger partial charge is 0.377 e. The average molecular weight is 275 g/mol. The van der Waals surface area contributed by atoms with Crippen LogP contribution in [0, 0.1) is 10.1 Å². The third-order valence-corrected chi connectivity index (χ3v) is 4.44. The highest BCUT2D eigenvalue weighted by Gasteiger charge is 2.14. The first-order valence-corrected chi connectivity index (χ1v) is 6.99. The van der Waals surface area contributed by atoms with Crippen LogP contribution in [-0.4, -0.2) is 9.91 Å². The molecule has 98 valence electrons. The van der Waals surface area contributed by atoms with Crippen LogP contribution in [0.5, 0.6) is 0 Å². The molecule has 0 amide bonds. The summed E-state index contributed by atoms with van der Waals surface area (Å²) in [5.74, 6) is -0.124. The lowest BCUT2D eigenvalue weighted by atomic mass is 10.2. The van der Waals surface area contributed by atoms with E-state index in [1.165, 1.54) is 46.8 Å². The van der Waals surface area contributed by atoms with Crippen LogP contribution in [0.15, 0.2) is 24.4 Å². The van der Waals surface area contributed by atoms with Gasteiger partial charge in [-0.05, 0) is 46.9 Å². The summed E-state index contributed by atoms with van der Waals surface area (Å²) in [7, 11) is 0. The van der Waals surface area contributed by atoms with Gasteiger partial charge < -0.3 is 15.4 Å². The zero-order valence-corrected chi connectivity index (χ0v) is 11.1. The average Bonchev–Trinajstić information content (AvgIpc) is 2.97. The minimum Gasteiger partial charge on any atom is -0.377 e. The zero-order valence-electron chi connectivity index (χ0n) is 10.3. The van der Waals surface area contributed by atoms with Gasteiger partial charge in [0, 0.05) is 22.4 Å². The van der Waals surface area contributed by atoms with Gasteiger partial charge in [0.25, 0.3) is 0 Å². The lowest BCUT2D eigenvalue weighted by molar-refractivity contribution is -0.389. The van der Waals surface area contributed by atoms with Gasteiger partial charge >= 0.3 is 5.82 Å². The van der Waals surface area contributed by atoms with Gasteiger partial charge in [0.2, 0.25) is 0 Å². The smallest absolute Gasteiger partial charge is 0.363 e. The standard InChI is InChI=1S/C13H13N3O2S/c17-16(18)13-5-4-10(7-15-13)14-8-11-6-9-2-1-3-12(9)19-11/h4-7,14H,1-3,8H2. The maximum atomic E-state index is 10.5. The quantitative estimate of drug-likeness (QED) is 0.687. The highest BCUT2D eigenvalue weighted by Crippen LogP contribution is 2.30. The van der Waals surface area contributed by atoms with E-state index in [0.29, 0.717) is 0 Å². The van der Waals surface area contributed by atoms with Gasteiger partial charge in [-0.2, -0.15) is 0 Å². The predicted octanol–water partition coefficient (Wildman–Crippen LogP) is 3.15. The van der Waals surface area contributed by atoms with Crippen molar-refractivity contribution in [1.82, 2.24) is 4.98 Å². The summed E-state index contributed by atoms with van der Waals surface area (Å²) in [4.78, 5) is 16.6. The number of nitrogens with zero attached hydrogens (tertiary/aromatic N) is 2. The van der Waals surface area contributed by atoms with E-state index in [2.05, 4.69) is 16.4 Å². The van der Waals surface area contributed by atoms with Crippen LogP contribution in [0.25, 0.3) is 0 Å². The molecule has 0 fully saturated rings. The Morgan fingerprint density at radius 2 is 2.32 bits per heavy atom. The highest BCUT2D eigenvalue weighted by atomic mass is 32.1. The lowest BCUT2D eigenvalue weighted by Gasteiger charge is -2.02. The summed E-state index contributed by atoms with van der Waals surface area (Å²) in [6, 6.07) is 5.36. The van der Waals surface area contributed by atoms with Crippen molar-refractivity contribution >= 4 is 22.8 Å². The van der Waals surface area contributed by atoms with Gasteiger partial charge in [-0.15, -0.1) is 11.3 Å². The summed E-state index contributed by atoms with van der Waals surface area (Å²) in [6.07, 6.45) is 5.19. The van der Waals surface area contributed by atoms with Crippen molar-refractivity contribution in [2.45, 2.75) is 25.8 Å². The fourth-order valence-electron chi connectivity index (χ4n) is 2.27. The third-order valence-electron chi connectivity index (χ3n) is 3.20. The second-order valence-electron chi connectivity index (χ2n) is 4.53. The van der Waals surface area contributed by atoms with Crippen LogP contribution in [0.2, 0.25) is 0 Å². The van der Waals surface area contributed by atoms with E-state index in [1.54, 1.807) is 6.07 Å². The Bertz CT molecular complexity index is 585. The van der Waals surface area contributed by atoms with Gasteiger partial charge in [-0.1, -0.05) is 0 Å². The minimum atomic E-state index is -0.492. The zero-order chi connectivity index (χ0) is 13.2. The van der Waals surface area contributed by atoms with Gasteiger partial charge in [-0.25, -0.2) is 0 Å². The maximum Gasteiger partial charge on any atom is 0.363 e. The Balaban J connectivity index is 1.63. The molecule has 6 heteroatoms. The number of hydrogen-bond donors (Lipinski definition) is 1. The molecular weight excluding hydrogens is 262 g/mol. The molecule has 19 heavy (non-hydrogen) atoms. The Morgan fingerprint density at radius 1 is 1.42 bits per heavy atom. The van der Waals surface area contributed by atoms with E-state index in [0.717, 1.165) is 12.2 Å². The minimum absolute atomic E-state index is 0.124. The first-order chi connectivity index (χ1) is 9.22. The van der Waals surface area contributed by atoms with Crippen LogP contribution in [0.4, 0.5) is 11.5 Å². The molecule has 1 N–H and O–H groups in total. The molecule has 2 heterocycles. The Kier molecular flexibility index (Phi) is 3.16. The number of pyridine rings is 1. The van der Waals surface area contributed by atoms with Crippen molar-refractivity contribution in [2.24, 2.45) is 0 Å². The van der Waals surface area contributed by atoms with Crippen LogP contribution in [-0.2, 0) is 19.4 Å². The van der Waals surface area contributed by atoms with Gasteiger partial charge in [0.15, 0.2) is 6.20 Å². The van der Waals surface area contributed by atoms with Crippen molar-refractivity contribution in [3.63, 3.8) is 0 Å². The van der Waals surface area contributed by atoms with Crippen LogP contribution < -0.4 is 5.32 Å². The number of anilines is 1.